The molecule has 5 aromatic rings. The van der Waals surface area contributed by atoms with Gasteiger partial charge in [-0.15, -0.1) is 10.2 Å². The minimum atomic E-state index is -0.0855. The molecule has 0 bridgehead atoms. The smallest absolute Gasteiger partial charge is 0.234 e. The van der Waals surface area contributed by atoms with Crippen LogP contribution < -0.4 is 5.32 Å². The van der Waals surface area contributed by atoms with Crippen LogP contribution in [0.5, 0.6) is 0 Å². The van der Waals surface area contributed by atoms with E-state index >= 15 is 0 Å². The van der Waals surface area contributed by atoms with Gasteiger partial charge in [-0.2, -0.15) is 5.10 Å². The van der Waals surface area contributed by atoms with Crippen molar-refractivity contribution in [2.75, 3.05) is 11.1 Å². The maximum atomic E-state index is 12.3. The van der Waals surface area contributed by atoms with Crippen LogP contribution in [-0.2, 0) is 4.79 Å². The molecule has 0 fully saturated rings. The van der Waals surface area contributed by atoms with Crippen molar-refractivity contribution in [1.82, 2.24) is 24.2 Å². The van der Waals surface area contributed by atoms with E-state index in [9.17, 15) is 4.79 Å². The normalized spacial score (nSPS) is 11.3. The molecule has 1 amide bonds. The van der Waals surface area contributed by atoms with Crippen LogP contribution in [0.25, 0.3) is 22.4 Å². The van der Waals surface area contributed by atoms with Gasteiger partial charge >= 0.3 is 0 Å². The number of fused-ring (bicyclic) bond motifs is 3. The number of aromatic nitrogens is 5. The number of hydrogen-bond acceptors (Lipinski definition) is 5. The Labute approximate surface area is 183 Å². The average molecular weight is 429 g/mol. The first-order chi connectivity index (χ1) is 15.1. The predicted molar refractivity (Wildman–Crippen MR) is 122 cm³/mol. The number of hydrogen-bond donors (Lipinski definition) is 1. The van der Waals surface area contributed by atoms with E-state index < -0.39 is 0 Å². The zero-order valence-corrected chi connectivity index (χ0v) is 17.9. The van der Waals surface area contributed by atoms with Gasteiger partial charge in [-0.05, 0) is 32.0 Å². The maximum Gasteiger partial charge on any atom is 0.234 e. The number of thioether (sulfide) groups is 1. The molecule has 0 unspecified atom stereocenters. The molecule has 5 rings (SSSR count). The number of aryl methyl sites for hydroxylation is 2. The van der Waals surface area contributed by atoms with Crippen molar-refractivity contribution in [2.45, 2.75) is 19.0 Å². The summed E-state index contributed by atoms with van der Waals surface area (Å²) < 4.78 is 3.69. The number of carbonyl (C=O) groups excluding carboxylic acids is 1. The molecule has 1 N–H and O–H groups in total. The molecule has 0 saturated carbocycles. The highest BCUT2D eigenvalue weighted by molar-refractivity contribution is 7.99. The molecule has 7 nitrogen and oxygen atoms in total. The van der Waals surface area contributed by atoms with E-state index in [0.717, 1.165) is 28.0 Å². The van der Waals surface area contributed by atoms with Crippen LogP contribution >= 0.6 is 11.8 Å². The number of amides is 1. The molecular formula is C23H20N6OS. The average Bonchev–Trinajstić information content (AvgIpc) is 3.38. The van der Waals surface area contributed by atoms with E-state index in [2.05, 4.69) is 51.8 Å². The molecule has 3 aromatic heterocycles. The summed E-state index contributed by atoms with van der Waals surface area (Å²) in [4.78, 5) is 12.3. The van der Waals surface area contributed by atoms with Crippen molar-refractivity contribution in [3.63, 3.8) is 0 Å². The standard InChI is InChI=1S/C23H20N6OS/c1-15-3-7-17(8-4-15)19-13-20-22-25-26-23(28(22)11-12-29(20)27-19)31-14-21(30)24-18-9-5-16(2)6-10-18/h3-13H,14H2,1-2H3,(H,24,30). The third-order valence-corrected chi connectivity index (χ3v) is 5.94. The Morgan fingerprint density at radius 1 is 0.968 bits per heavy atom. The number of nitrogens with zero attached hydrogens (tertiary/aromatic N) is 5. The van der Waals surface area contributed by atoms with Crippen LogP contribution in [0, 0.1) is 13.8 Å². The van der Waals surface area contributed by atoms with Crippen LogP contribution in [0.3, 0.4) is 0 Å². The Bertz CT molecular complexity index is 1390. The van der Waals surface area contributed by atoms with Gasteiger partial charge in [0.25, 0.3) is 0 Å². The Morgan fingerprint density at radius 3 is 2.42 bits per heavy atom. The van der Waals surface area contributed by atoms with Crippen molar-refractivity contribution >= 4 is 34.5 Å². The molecule has 0 radical (unpaired) electrons. The first kappa shape index (κ1) is 19.3. The lowest BCUT2D eigenvalue weighted by Crippen LogP contribution is -2.14. The van der Waals surface area contributed by atoms with Crippen LogP contribution in [-0.4, -0.2) is 35.9 Å². The largest absolute Gasteiger partial charge is 0.325 e. The monoisotopic (exact) mass is 428 g/mol. The Hall–Kier alpha value is -3.65. The summed E-state index contributed by atoms with van der Waals surface area (Å²) in [5, 5.41) is 16.9. The second-order valence-corrected chi connectivity index (χ2v) is 8.35. The second-order valence-electron chi connectivity index (χ2n) is 7.40. The minimum Gasteiger partial charge on any atom is -0.325 e. The third-order valence-electron chi connectivity index (χ3n) is 5.00. The topological polar surface area (TPSA) is 76.6 Å². The van der Waals surface area contributed by atoms with Gasteiger partial charge in [0.1, 0.15) is 5.52 Å². The SMILES string of the molecule is Cc1ccc(NC(=O)CSc2nnc3c4cc(-c5ccc(C)cc5)nn4ccn23)cc1. The molecule has 0 aliphatic rings. The van der Waals surface area contributed by atoms with Crippen molar-refractivity contribution in [1.29, 1.82) is 0 Å². The zero-order chi connectivity index (χ0) is 21.4. The lowest BCUT2D eigenvalue weighted by atomic mass is 10.1. The van der Waals surface area contributed by atoms with Crippen LogP contribution in [0.2, 0.25) is 0 Å². The highest BCUT2D eigenvalue weighted by atomic mass is 32.2. The Kier molecular flexibility index (Phi) is 4.91. The van der Waals surface area contributed by atoms with Crippen molar-refractivity contribution in [3.05, 3.63) is 78.1 Å². The highest BCUT2D eigenvalue weighted by Gasteiger charge is 2.14. The molecular weight excluding hydrogens is 408 g/mol. The summed E-state index contributed by atoms with van der Waals surface area (Å²) in [5.41, 5.74) is 6.64. The van der Waals surface area contributed by atoms with E-state index in [-0.39, 0.29) is 11.7 Å². The van der Waals surface area contributed by atoms with E-state index in [1.54, 1.807) is 4.52 Å². The first-order valence-electron chi connectivity index (χ1n) is 9.86. The van der Waals surface area contributed by atoms with Crippen molar-refractivity contribution in [2.24, 2.45) is 0 Å². The van der Waals surface area contributed by atoms with Gasteiger partial charge in [-0.25, -0.2) is 4.52 Å². The molecule has 0 aliphatic carbocycles. The maximum absolute atomic E-state index is 12.3. The van der Waals surface area contributed by atoms with Gasteiger partial charge in [0.05, 0.1) is 11.4 Å². The van der Waals surface area contributed by atoms with E-state index in [4.69, 9.17) is 0 Å². The fourth-order valence-electron chi connectivity index (χ4n) is 3.32. The van der Waals surface area contributed by atoms with Crippen molar-refractivity contribution in [3.8, 4) is 11.3 Å². The van der Waals surface area contributed by atoms with Crippen LogP contribution in [0.1, 0.15) is 11.1 Å². The number of carbonyl (C=O) groups is 1. The summed E-state index contributed by atoms with van der Waals surface area (Å²) in [6, 6.07) is 18.0. The quantitative estimate of drug-likeness (QED) is 0.420. The van der Waals surface area contributed by atoms with Gasteiger partial charge in [0.2, 0.25) is 5.91 Å². The summed E-state index contributed by atoms with van der Waals surface area (Å²) in [6.07, 6.45) is 3.74. The molecule has 2 aromatic carbocycles. The number of benzene rings is 2. The fraction of sp³-hybridized carbons (Fsp3) is 0.130. The third kappa shape index (κ3) is 3.89. The lowest BCUT2D eigenvalue weighted by molar-refractivity contribution is -0.113. The van der Waals surface area contributed by atoms with Crippen LogP contribution in [0.15, 0.2) is 72.1 Å². The molecule has 154 valence electrons. The number of nitrogens with one attached hydrogen (secondary N) is 1. The highest BCUT2D eigenvalue weighted by Crippen LogP contribution is 2.24. The number of rotatable bonds is 5. The van der Waals surface area contributed by atoms with Gasteiger partial charge in [-0.3, -0.25) is 9.20 Å². The zero-order valence-electron chi connectivity index (χ0n) is 17.1. The second kappa shape index (κ2) is 7.88. The molecule has 3 heterocycles. The van der Waals surface area contributed by atoms with Gasteiger partial charge in [0, 0.05) is 23.6 Å². The Balaban J connectivity index is 1.36. The van der Waals surface area contributed by atoms with Gasteiger partial charge in [0.15, 0.2) is 10.8 Å². The van der Waals surface area contributed by atoms with Crippen molar-refractivity contribution < 1.29 is 4.79 Å². The van der Waals surface area contributed by atoms with E-state index in [0.29, 0.717) is 10.8 Å². The number of anilines is 1. The fourth-order valence-corrected chi connectivity index (χ4v) is 4.04. The molecule has 0 spiro atoms. The molecule has 0 atom stereocenters. The predicted octanol–water partition coefficient (Wildman–Crippen LogP) is 4.39. The Morgan fingerprint density at radius 2 is 1.68 bits per heavy atom. The summed E-state index contributed by atoms with van der Waals surface area (Å²) in [6.45, 7) is 4.08. The van der Waals surface area contributed by atoms with Gasteiger partial charge in [-0.1, -0.05) is 59.3 Å². The van der Waals surface area contributed by atoms with E-state index in [1.165, 1.54) is 17.3 Å². The molecule has 0 saturated heterocycles. The molecule has 0 aliphatic heterocycles. The van der Waals surface area contributed by atoms with Gasteiger partial charge < -0.3 is 5.32 Å². The summed E-state index contributed by atoms with van der Waals surface area (Å²) in [5.74, 6) is 0.158. The lowest BCUT2D eigenvalue weighted by Gasteiger charge is -2.05. The van der Waals surface area contributed by atoms with E-state index in [1.807, 2.05) is 54.0 Å². The van der Waals surface area contributed by atoms with Crippen LogP contribution in [0.4, 0.5) is 5.69 Å². The molecule has 31 heavy (non-hydrogen) atoms. The molecule has 8 heteroatoms. The first-order valence-corrected chi connectivity index (χ1v) is 10.8. The summed E-state index contributed by atoms with van der Waals surface area (Å²) in [7, 11) is 0. The summed E-state index contributed by atoms with van der Waals surface area (Å²) >= 11 is 1.35. The minimum absolute atomic E-state index is 0.0855.